The van der Waals surface area contributed by atoms with Crippen LogP contribution in [0, 0.1) is 6.92 Å². The van der Waals surface area contributed by atoms with Crippen LogP contribution in [-0.4, -0.2) is 10.2 Å². The summed E-state index contributed by atoms with van der Waals surface area (Å²) in [6.45, 7) is 2.07. The molecule has 4 aromatic rings. The molecule has 1 heterocycles. The van der Waals surface area contributed by atoms with E-state index in [1.165, 1.54) is 26.9 Å². The van der Waals surface area contributed by atoms with E-state index in [-0.39, 0.29) is 0 Å². The third-order valence-corrected chi connectivity index (χ3v) is 3.39. The van der Waals surface area contributed by atoms with Gasteiger partial charge in [-0.15, -0.1) is 0 Å². The summed E-state index contributed by atoms with van der Waals surface area (Å²) < 4.78 is 0. The van der Waals surface area contributed by atoms with Crippen LogP contribution in [0.5, 0.6) is 0 Å². The highest BCUT2D eigenvalue weighted by atomic mass is 15.1. The van der Waals surface area contributed by atoms with E-state index in [4.69, 9.17) is 0 Å². The van der Waals surface area contributed by atoms with Crippen LogP contribution in [0.2, 0.25) is 0 Å². The van der Waals surface area contributed by atoms with Crippen LogP contribution in [0.3, 0.4) is 0 Å². The van der Waals surface area contributed by atoms with Gasteiger partial charge in [0.05, 0.1) is 5.52 Å². The maximum atomic E-state index is 4.39. The highest BCUT2D eigenvalue weighted by molar-refractivity contribution is 6.23. The molecule has 0 spiro atoms. The number of aromatic nitrogens is 2. The highest BCUT2D eigenvalue weighted by Gasteiger charge is 2.10. The van der Waals surface area contributed by atoms with Gasteiger partial charge in [-0.25, -0.2) is 0 Å². The predicted molar refractivity (Wildman–Crippen MR) is 67.0 cm³/mol. The second kappa shape index (κ2) is 2.53. The van der Waals surface area contributed by atoms with Crippen LogP contribution in [0.25, 0.3) is 32.4 Å². The van der Waals surface area contributed by atoms with Gasteiger partial charge in [-0.05, 0) is 29.1 Å². The van der Waals surface area contributed by atoms with Crippen molar-refractivity contribution in [2.75, 3.05) is 0 Å². The molecule has 3 aromatic carbocycles. The van der Waals surface area contributed by atoms with Gasteiger partial charge in [0, 0.05) is 16.5 Å². The lowest BCUT2D eigenvalue weighted by Gasteiger charge is -2.07. The zero-order valence-corrected chi connectivity index (χ0v) is 8.91. The smallest absolute Gasteiger partial charge is 0.0919 e. The number of hydrogen-bond donors (Lipinski definition) is 1. The molecule has 0 atom stereocenters. The van der Waals surface area contributed by atoms with Crippen LogP contribution >= 0.6 is 0 Å². The van der Waals surface area contributed by atoms with Crippen molar-refractivity contribution in [3.63, 3.8) is 0 Å². The fourth-order valence-electron chi connectivity index (χ4n) is 2.60. The van der Waals surface area contributed by atoms with Crippen molar-refractivity contribution in [3.05, 3.63) is 42.1 Å². The molecule has 0 aliphatic carbocycles. The lowest BCUT2D eigenvalue weighted by Crippen LogP contribution is -1.91. The van der Waals surface area contributed by atoms with Gasteiger partial charge in [0.15, 0.2) is 0 Å². The first kappa shape index (κ1) is 8.11. The van der Waals surface area contributed by atoms with Gasteiger partial charge in [-0.2, -0.15) is 5.10 Å². The maximum absolute atomic E-state index is 4.39. The monoisotopic (exact) mass is 206 g/mol. The first-order chi connectivity index (χ1) is 7.84. The summed E-state index contributed by atoms with van der Waals surface area (Å²) in [5.74, 6) is 0. The molecule has 2 nitrogen and oxygen atoms in total. The van der Waals surface area contributed by atoms with E-state index in [1.54, 1.807) is 0 Å². The van der Waals surface area contributed by atoms with Gasteiger partial charge in [0.1, 0.15) is 0 Å². The average Bonchev–Trinajstić information content (AvgIpc) is 2.73. The van der Waals surface area contributed by atoms with Crippen molar-refractivity contribution in [1.29, 1.82) is 0 Å². The van der Waals surface area contributed by atoms with Gasteiger partial charge >= 0.3 is 0 Å². The van der Waals surface area contributed by atoms with E-state index < -0.39 is 0 Å². The average molecular weight is 206 g/mol. The summed E-state index contributed by atoms with van der Waals surface area (Å²) in [5, 5.41) is 14.0. The topological polar surface area (TPSA) is 28.7 Å². The minimum atomic E-state index is 1.05. The van der Waals surface area contributed by atoms with Crippen molar-refractivity contribution in [1.82, 2.24) is 10.2 Å². The first-order valence-corrected chi connectivity index (χ1v) is 5.43. The molecule has 1 aromatic heterocycles. The lowest BCUT2D eigenvalue weighted by atomic mass is 10.0. The van der Waals surface area contributed by atoms with Crippen LogP contribution in [0.15, 0.2) is 36.4 Å². The third kappa shape index (κ3) is 0.807. The minimum Gasteiger partial charge on any atom is -0.282 e. The number of aryl methyl sites for hydroxylation is 1. The molecule has 1 N–H and O–H groups in total. The summed E-state index contributed by atoms with van der Waals surface area (Å²) in [6, 6.07) is 12.9. The number of hydrogen-bond acceptors (Lipinski definition) is 1. The van der Waals surface area contributed by atoms with Gasteiger partial charge in [0.25, 0.3) is 0 Å². The van der Waals surface area contributed by atoms with Crippen LogP contribution < -0.4 is 0 Å². The zero-order chi connectivity index (χ0) is 10.7. The molecule has 0 amide bonds. The lowest BCUT2D eigenvalue weighted by molar-refractivity contribution is 1.03. The maximum Gasteiger partial charge on any atom is 0.0919 e. The number of nitrogens with one attached hydrogen (secondary N) is 1. The van der Waals surface area contributed by atoms with Gasteiger partial charge in [-0.1, -0.05) is 30.3 Å². The SMILES string of the molecule is Cc1[nH]nc2ccc3ccc4ccc1c2c34. The Hall–Kier alpha value is -2.09. The molecular weight excluding hydrogens is 196 g/mol. The predicted octanol–water partition coefficient (Wildman–Crippen LogP) is 3.62. The fourth-order valence-corrected chi connectivity index (χ4v) is 2.60. The van der Waals surface area contributed by atoms with Crippen LogP contribution in [0.1, 0.15) is 5.69 Å². The normalized spacial score (nSPS) is 12.1. The van der Waals surface area contributed by atoms with Gasteiger partial charge < -0.3 is 0 Å². The minimum absolute atomic E-state index is 1.05. The van der Waals surface area contributed by atoms with Crippen LogP contribution in [0.4, 0.5) is 0 Å². The molecule has 16 heavy (non-hydrogen) atoms. The largest absolute Gasteiger partial charge is 0.282 e. The molecular formula is C14H10N2. The number of rotatable bonds is 0. The Kier molecular flexibility index (Phi) is 1.28. The molecule has 0 radical (unpaired) electrons. The molecule has 0 bridgehead atoms. The number of H-pyrrole nitrogens is 1. The molecule has 0 aliphatic heterocycles. The Labute approximate surface area is 92.2 Å². The molecule has 0 saturated carbocycles. The Morgan fingerprint density at radius 1 is 0.875 bits per heavy atom. The Balaban J connectivity index is 2.51. The summed E-state index contributed by atoms with van der Waals surface area (Å²) in [5.41, 5.74) is 2.17. The molecule has 0 aliphatic rings. The van der Waals surface area contributed by atoms with Crippen molar-refractivity contribution in [2.24, 2.45) is 0 Å². The van der Waals surface area contributed by atoms with Crippen molar-refractivity contribution in [2.45, 2.75) is 6.92 Å². The number of aromatic amines is 1. The molecule has 0 saturated heterocycles. The molecule has 2 heteroatoms. The summed E-state index contributed by atoms with van der Waals surface area (Å²) in [6.07, 6.45) is 0. The number of nitrogens with zero attached hydrogens (tertiary/aromatic N) is 1. The van der Waals surface area contributed by atoms with Crippen LogP contribution in [-0.2, 0) is 0 Å². The van der Waals surface area contributed by atoms with E-state index in [1.807, 2.05) is 0 Å². The number of benzene rings is 2. The van der Waals surface area contributed by atoms with Gasteiger partial charge in [-0.3, -0.25) is 5.10 Å². The van der Waals surface area contributed by atoms with E-state index in [0.717, 1.165) is 11.2 Å². The first-order valence-electron chi connectivity index (χ1n) is 5.43. The summed E-state index contributed by atoms with van der Waals surface area (Å²) in [4.78, 5) is 0. The van der Waals surface area contributed by atoms with E-state index in [2.05, 4.69) is 53.5 Å². The highest BCUT2D eigenvalue weighted by Crippen LogP contribution is 2.34. The Morgan fingerprint density at radius 3 is 2.38 bits per heavy atom. The standard InChI is InChI=1S/C14H10N2/c1-8-11-6-4-9-2-3-10-5-7-12(16-15-8)14(11)13(9)10/h2-7,15H,1H3. The molecule has 0 unspecified atom stereocenters. The van der Waals surface area contributed by atoms with Gasteiger partial charge in [0.2, 0.25) is 0 Å². The third-order valence-electron chi connectivity index (χ3n) is 3.39. The van der Waals surface area contributed by atoms with Crippen molar-refractivity contribution >= 4 is 32.4 Å². The quantitative estimate of drug-likeness (QED) is 0.467. The molecule has 76 valence electrons. The second-order valence-corrected chi connectivity index (χ2v) is 4.31. The van der Waals surface area contributed by atoms with E-state index >= 15 is 0 Å². The van der Waals surface area contributed by atoms with Crippen molar-refractivity contribution in [3.8, 4) is 0 Å². The van der Waals surface area contributed by atoms with Crippen molar-refractivity contribution < 1.29 is 0 Å². The second-order valence-electron chi connectivity index (χ2n) is 4.31. The fraction of sp³-hybridized carbons (Fsp3) is 0.0714. The van der Waals surface area contributed by atoms with E-state index in [9.17, 15) is 0 Å². The molecule has 4 rings (SSSR count). The Bertz CT molecular complexity index is 796. The summed E-state index contributed by atoms with van der Waals surface area (Å²) >= 11 is 0. The summed E-state index contributed by atoms with van der Waals surface area (Å²) in [7, 11) is 0. The van der Waals surface area contributed by atoms with E-state index in [0.29, 0.717) is 0 Å². The molecule has 0 fully saturated rings. The Morgan fingerprint density at radius 2 is 1.56 bits per heavy atom. The zero-order valence-electron chi connectivity index (χ0n) is 8.91.